The van der Waals surface area contributed by atoms with E-state index in [1.54, 1.807) is 0 Å². The molecule has 2 N–H and O–H groups in total. The lowest BCUT2D eigenvalue weighted by Crippen LogP contribution is -2.42. The Morgan fingerprint density at radius 3 is 2.82 bits per heavy atom. The second kappa shape index (κ2) is 6.01. The van der Waals surface area contributed by atoms with Gasteiger partial charge in [-0.2, -0.15) is 0 Å². The van der Waals surface area contributed by atoms with Gasteiger partial charge in [0.05, 0.1) is 6.04 Å². The molecule has 2 aliphatic rings. The van der Waals surface area contributed by atoms with Crippen molar-refractivity contribution in [3.8, 4) is 0 Å². The maximum Gasteiger partial charge on any atom is 0.223 e. The van der Waals surface area contributed by atoms with Gasteiger partial charge in [-0.05, 0) is 51.3 Å². The Hall–Kier alpha value is -1.09. The van der Waals surface area contributed by atoms with Crippen LogP contribution >= 0.6 is 0 Å². The molecule has 1 amide bonds. The molecule has 1 atom stereocenters. The fourth-order valence-corrected chi connectivity index (χ4v) is 2.45. The van der Waals surface area contributed by atoms with Gasteiger partial charge in [0.2, 0.25) is 5.91 Å². The van der Waals surface area contributed by atoms with Crippen molar-refractivity contribution in [3.63, 3.8) is 0 Å². The average Bonchev–Trinajstić information content (AvgIpc) is 2.40. The van der Waals surface area contributed by atoms with Gasteiger partial charge >= 0.3 is 0 Å². The molecule has 1 aliphatic carbocycles. The van der Waals surface area contributed by atoms with Gasteiger partial charge in [-0.15, -0.1) is 0 Å². The van der Waals surface area contributed by atoms with Crippen molar-refractivity contribution in [2.45, 2.75) is 38.6 Å². The van der Waals surface area contributed by atoms with Crippen molar-refractivity contribution in [1.29, 1.82) is 0 Å². The summed E-state index contributed by atoms with van der Waals surface area (Å²) in [6.45, 7) is 4.00. The topological polar surface area (TPSA) is 41.1 Å². The van der Waals surface area contributed by atoms with Gasteiger partial charge in [-0.1, -0.05) is 18.2 Å². The van der Waals surface area contributed by atoms with Crippen LogP contribution in [0.3, 0.4) is 0 Å². The predicted octanol–water partition coefficient (Wildman–Crippen LogP) is 1.77. The van der Waals surface area contributed by atoms with E-state index in [1.165, 1.54) is 5.57 Å². The number of nitrogens with one attached hydrogen (secondary N) is 2. The molecule has 1 unspecified atom stereocenters. The van der Waals surface area contributed by atoms with Crippen molar-refractivity contribution >= 4 is 5.91 Å². The summed E-state index contributed by atoms with van der Waals surface area (Å²) in [4.78, 5) is 12.1. The van der Waals surface area contributed by atoms with E-state index in [4.69, 9.17) is 0 Å². The minimum absolute atomic E-state index is 0.147. The number of allylic oxidation sites excluding steroid dienone is 2. The molecule has 0 bridgehead atoms. The highest BCUT2D eigenvalue weighted by Crippen LogP contribution is 2.16. The van der Waals surface area contributed by atoms with E-state index in [-0.39, 0.29) is 17.9 Å². The van der Waals surface area contributed by atoms with Gasteiger partial charge in [0.1, 0.15) is 0 Å². The fourth-order valence-electron chi connectivity index (χ4n) is 2.45. The quantitative estimate of drug-likeness (QED) is 0.781. The molecule has 0 spiro atoms. The second-order valence-electron chi connectivity index (χ2n) is 4.94. The van der Waals surface area contributed by atoms with E-state index in [1.807, 2.05) is 0 Å². The lowest BCUT2D eigenvalue weighted by molar-refractivity contribution is -0.126. The van der Waals surface area contributed by atoms with E-state index < -0.39 is 0 Å². The number of hydrogen-bond acceptors (Lipinski definition) is 2. The minimum Gasteiger partial charge on any atom is -0.349 e. The molecular weight excluding hydrogens is 212 g/mol. The van der Waals surface area contributed by atoms with Gasteiger partial charge in [0.15, 0.2) is 0 Å². The van der Waals surface area contributed by atoms with Gasteiger partial charge in [0, 0.05) is 5.92 Å². The third-order valence-corrected chi connectivity index (χ3v) is 3.59. The molecule has 2 rings (SSSR count). The molecule has 3 nitrogen and oxygen atoms in total. The first-order chi connectivity index (χ1) is 8.27. The molecule has 0 aromatic rings. The summed E-state index contributed by atoms with van der Waals surface area (Å²) in [7, 11) is 0. The number of carbonyl (C=O) groups excluding carboxylic acids is 1. The molecule has 1 heterocycles. The van der Waals surface area contributed by atoms with Crippen LogP contribution in [-0.4, -0.2) is 25.0 Å². The highest BCUT2D eigenvalue weighted by Gasteiger charge is 2.22. The SMILES string of the molecule is CC(NC(=O)C1CCNCC1)C1=CCCC=C1. The number of piperidine rings is 1. The van der Waals surface area contributed by atoms with E-state index in [9.17, 15) is 4.79 Å². The van der Waals surface area contributed by atoms with Crippen molar-refractivity contribution in [2.75, 3.05) is 13.1 Å². The summed E-state index contributed by atoms with van der Waals surface area (Å²) in [5.41, 5.74) is 1.25. The number of rotatable bonds is 3. The Balaban J connectivity index is 1.85. The standard InChI is InChI=1S/C14H22N2O/c1-11(12-5-3-2-4-6-12)16-14(17)13-7-9-15-10-8-13/h3,5-6,11,13,15H,2,4,7-10H2,1H3,(H,16,17). The van der Waals surface area contributed by atoms with Gasteiger partial charge < -0.3 is 10.6 Å². The first-order valence-corrected chi connectivity index (χ1v) is 6.65. The third-order valence-electron chi connectivity index (χ3n) is 3.59. The van der Waals surface area contributed by atoms with Crippen LogP contribution in [-0.2, 0) is 4.79 Å². The summed E-state index contributed by atoms with van der Waals surface area (Å²) in [6, 6.07) is 0.147. The average molecular weight is 234 g/mol. The zero-order valence-corrected chi connectivity index (χ0v) is 10.5. The maximum atomic E-state index is 12.1. The summed E-state index contributed by atoms with van der Waals surface area (Å²) in [6.07, 6.45) is 10.7. The van der Waals surface area contributed by atoms with Gasteiger partial charge in [-0.3, -0.25) is 4.79 Å². The molecular formula is C14H22N2O. The van der Waals surface area contributed by atoms with Gasteiger partial charge in [0.25, 0.3) is 0 Å². The Kier molecular flexibility index (Phi) is 4.37. The molecule has 94 valence electrons. The zero-order valence-electron chi connectivity index (χ0n) is 10.5. The van der Waals surface area contributed by atoms with E-state index in [0.717, 1.165) is 38.8 Å². The molecule has 0 aromatic carbocycles. The van der Waals surface area contributed by atoms with E-state index in [2.05, 4.69) is 35.8 Å². The minimum atomic E-state index is 0.147. The zero-order chi connectivity index (χ0) is 12.1. The highest BCUT2D eigenvalue weighted by molar-refractivity contribution is 5.79. The molecule has 1 aliphatic heterocycles. The summed E-state index contributed by atoms with van der Waals surface area (Å²) in [5, 5.41) is 6.42. The van der Waals surface area contributed by atoms with Crippen LogP contribution in [0.15, 0.2) is 23.8 Å². The third kappa shape index (κ3) is 3.43. The van der Waals surface area contributed by atoms with Crippen LogP contribution in [0.25, 0.3) is 0 Å². The molecule has 0 radical (unpaired) electrons. The maximum absolute atomic E-state index is 12.1. The van der Waals surface area contributed by atoms with Crippen LogP contribution in [0.5, 0.6) is 0 Å². The Morgan fingerprint density at radius 2 is 2.18 bits per heavy atom. The number of carbonyl (C=O) groups is 1. The fraction of sp³-hybridized carbons (Fsp3) is 0.643. The summed E-state index contributed by atoms with van der Waals surface area (Å²) in [5.74, 6) is 0.422. The normalized spacial score (nSPS) is 23.0. The molecule has 1 fully saturated rings. The van der Waals surface area contributed by atoms with Crippen molar-refractivity contribution in [2.24, 2.45) is 5.92 Å². The number of amides is 1. The summed E-state index contributed by atoms with van der Waals surface area (Å²) < 4.78 is 0. The first-order valence-electron chi connectivity index (χ1n) is 6.65. The lowest BCUT2D eigenvalue weighted by Gasteiger charge is -2.25. The van der Waals surface area contributed by atoms with Crippen molar-refractivity contribution in [1.82, 2.24) is 10.6 Å². The second-order valence-corrected chi connectivity index (χ2v) is 4.94. The van der Waals surface area contributed by atoms with Crippen LogP contribution in [0.1, 0.15) is 32.6 Å². The van der Waals surface area contributed by atoms with Crippen LogP contribution < -0.4 is 10.6 Å². The molecule has 17 heavy (non-hydrogen) atoms. The molecule has 3 heteroatoms. The first kappa shape index (κ1) is 12.4. The van der Waals surface area contributed by atoms with Crippen LogP contribution in [0, 0.1) is 5.92 Å². The summed E-state index contributed by atoms with van der Waals surface area (Å²) >= 11 is 0. The molecule has 0 saturated carbocycles. The smallest absolute Gasteiger partial charge is 0.223 e. The monoisotopic (exact) mass is 234 g/mol. The number of hydrogen-bond donors (Lipinski definition) is 2. The Labute approximate surface area is 103 Å². The molecule has 1 saturated heterocycles. The Bertz CT molecular complexity index is 327. The largest absolute Gasteiger partial charge is 0.349 e. The Morgan fingerprint density at radius 1 is 1.41 bits per heavy atom. The van der Waals surface area contributed by atoms with Crippen molar-refractivity contribution < 1.29 is 4.79 Å². The van der Waals surface area contributed by atoms with Crippen LogP contribution in [0.2, 0.25) is 0 Å². The van der Waals surface area contributed by atoms with Crippen LogP contribution in [0.4, 0.5) is 0 Å². The van der Waals surface area contributed by atoms with E-state index >= 15 is 0 Å². The van der Waals surface area contributed by atoms with Gasteiger partial charge in [-0.25, -0.2) is 0 Å². The lowest BCUT2D eigenvalue weighted by atomic mass is 9.95. The van der Waals surface area contributed by atoms with E-state index in [0.29, 0.717) is 0 Å². The molecule has 0 aromatic heterocycles. The predicted molar refractivity (Wildman–Crippen MR) is 69.7 cm³/mol. The highest BCUT2D eigenvalue weighted by atomic mass is 16.1. The van der Waals surface area contributed by atoms with Crippen molar-refractivity contribution in [3.05, 3.63) is 23.8 Å².